The molecule has 1 aromatic heterocycles. The fourth-order valence-corrected chi connectivity index (χ4v) is 1.70. The highest BCUT2D eigenvalue weighted by molar-refractivity contribution is 5.72. The summed E-state index contributed by atoms with van der Waals surface area (Å²) in [6.45, 7) is 0.919. The number of urea groups is 1. The molecule has 2 N–H and O–H groups in total. The van der Waals surface area contributed by atoms with E-state index < -0.39 is 0 Å². The van der Waals surface area contributed by atoms with Crippen molar-refractivity contribution >= 4 is 6.03 Å². The molecule has 0 aliphatic rings. The van der Waals surface area contributed by atoms with E-state index in [9.17, 15) is 4.79 Å². The van der Waals surface area contributed by atoms with Crippen LogP contribution in [0.15, 0.2) is 53.1 Å². The first kappa shape index (κ1) is 14.1. The standard InChI is InChI=1S/C15H18N2O3/c18-15(16-12-13-6-2-1-3-7-13)17-20-11-5-9-14-8-4-10-19-14/h1-4,6-8,10H,5,9,11-12H2,(H2,16,17,18). The first-order chi connectivity index (χ1) is 9.84. The number of aryl methyl sites for hydroxylation is 1. The van der Waals surface area contributed by atoms with Crippen molar-refractivity contribution in [3.8, 4) is 0 Å². The van der Waals surface area contributed by atoms with Crippen molar-refractivity contribution in [3.63, 3.8) is 0 Å². The molecule has 5 nitrogen and oxygen atoms in total. The predicted molar refractivity (Wildman–Crippen MR) is 74.8 cm³/mol. The number of rotatable bonds is 7. The average molecular weight is 274 g/mol. The highest BCUT2D eigenvalue weighted by Gasteiger charge is 2.00. The van der Waals surface area contributed by atoms with Crippen LogP contribution in [-0.2, 0) is 17.8 Å². The maximum Gasteiger partial charge on any atom is 0.338 e. The molecule has 0 radical (unpaired) electrons. The summed E-state index contributed by atoms with van der Waals surface area (Å²) < 4.78 is 5.19. The summed E-state index contributed by atoms with van der Waals surface area (Å²) >= 11 is 0. The molecule has 0 spiro atoms. The fraction of sp³-hybridized carbons (Fsp3) is 0.267. The summed E-state index contributed by atoms with van der Waals surface area (Å²) in [7, 11) is 0. The average Bonchev–Trinajstić information content (AvgIpc) is 2.99. The van der Waals surface area contributed by atoms with Crippen LogP contribution < -0.4 is 10.8 Å². The monoisotopic (exact) mass is 274 g/mol. The third-order valence-electron chi connectivity index (χ3n) is 2.71. The van der Waals surface area contributed by atoms with Crippen LogP contribution in [-0.4, -0.2) is 12.6 Å². The van der Waals surface area contributed by atoms with E-state index >= 15 is 0 Å². The van der Waals surface area contributed by atoms with E-state index in [0.29, 0.717) is 13.2 Å². The molecule has 0 saturated heterocycles. The molecule has 1 aromatic carbocycles. The summed E-state index contributed by atoms with van der Waals surface area (Å²) in [4.78, 5) is 16.5. The van der Waals surface area contributed by atoms with E-state index in [2.05, 4.69) is 10.8 Å². The summed E-state index contributed by atoms with van der Waals surface area (Å²) in [5, 5.41) is 2.71. The molecule has 106 valence electrons. The highest BCUT2D eigenvalue weighted by atomic mass is 16.7. The van der Waals surface area contributed by atoms with Crippen molar-refractivity contribution < 1.29 is 14.0 Å². The van der Waals surface area contributed by atoms with E-state index in [1.807, 2.05) is 42.5 Å². The lowest BCUT2D eigenvalue weighted by Crippen LogP contribution is -2.35. The smallest absolute Gasteiger partial charge is 0.338 e. The summed E-state index contributed by atoms with van der Waals surface area (Å²) in [5.41, 5.74) is 3.39. The largest absolute Gasteiger partial charge is 0.469 e. The first-order valence-electron chi connectivity index (χ1n) is 6.56. The molecule has 0 unspecified atom stereocenters. The lowest BCUT2D eigenvalue weighted by atomic mass is 10.2. The van der Waals surface area contributed by atoms with Gasteiger partial charge >= 0.3 is 6.03 Å². The Morgan fingerprint density at radius 3 is 2.75 bits per heavy atom. The number of hydrogen-bond acceptors (Lipinski definition) is 3. The van der Waals surface area contributed by atoms with Crippen molar-refractivity contribution in [1.29, 1.82) is 0 Å². The van der Waals surface area contributed by atoms with Gasteiger partial charge in [0.15, 0.2) is 0 Å². The van der Waals surface area contributed by atoms with Crippen molar-refractivity contribution in [3.05, 3.63) is 60.1 Å². The second kappa shape index (κ2) is 8.01. The molecule has 1 heterocycles. The minimum absolute atomic E-state index is 0.341. The summed E-state index contributed by atoms with van der Waals surface area (Å²) in [6, 6.07) is 13.1. The van der Waals surface area contributed by atoms with Crippen molar-refractivity contribution in [1.82, 2.24) is 10.8 Å². The van der Waals surface area contributed by atoms with Crippen LogP contribution in [0.3, 0.4) is 0 Å². The molecular formula is C15H18N2O3. The van der Waals surface area contributed by atoms with Gasteiger partial charge < -0.3 is 9.73 Å². The van der Waals surface area contributed by atoms with E-state index in [-0.39, 0.29) is 6.03 Å². The van der Waals surface area contributed by atoms with Gasteiger partial charge in [0.05, 0.1) is 12.9 Å². The maximum atomic E-state index is 11.4. The van der Waals surface area contributed by atoms with Crippen LogP contribution in [0.5, 0.6) is 0 Å². The molecule has 2 amide bonds. The zero-order valence-corrected chi connectivity index (χ0v) is 11.2. The number of furan rings is 1. The van der Waals surface area contributed by atoms with Gasteiger partial charge in [-0.25, -0.2) is 10.3 Å². The second-order valence-electron chi connectivity index (χ2n) is 4.30. The fourth-order valence-electron chi connectivity index (χ4n) is 1.70. The zero-order chi connectivity index (χ0) is 14.0. The zero-order valence-electron chi connectivity index (χ0n) is 11.2. The number of carbonyl (C=O) groups excluding carboxylic acids is 1. The van der Waals surface area contributed by atoms with Crippen LogP contribution in [0.25, 0.3) is 0 Å². The van der Waals surface area contributed by atoms with E-state index in [0.717, 1.165) is 24.2 Å². The predicted octanol–water partition coefficient (Wildman–Crippen LogP) is 2.64. The molecule has 0 aliphatic heterocycles. The van der Waals surface area contributed by atoms with Gasteiger partial charge in [0, 0.05) is 13.0 Å². The van der Waals surface area contributed by atoms with Gasteiger partial charge in [0.2, 0.25) is 0 Å². The van der Waals surface area contributed by atoms with Crippen molar-refractivity contribution in [2.24, 2.45) is 0 Å². The third-order valence-corrected chi connectivity index (χ3v) is 2.71. The van der Waals surface area contributed by atoms with Gasteiger partial charge in [-0.1, -0.05) is 30.3 Å². The molecule has 20 heavy (non-hydrogen) atoms. The number of carbonyl (C=O) groups is 1. The van der Waals surface area contributed by atoms with Gasteiger partial charge in [0.1, 0.15) is 5.76 Å². The second-order valence-corrected chi connectivity index (χ2v) is 4.30. The van der Waals surface area contributed by atoms with E-state index in [4.69, 9.17) is 9.25 Å². The van der Waals surface area contributed by atoms with Crippen LogP contribution >= 0.6 is 0 Å². The number of benzene rings is 1. The van der Waals surface area contributed by atoms with Gasteiger partial charge in [-0.2, -0.15) is 0 Å². The molecule has 0 atom stereocenters. The lowest BCUT2D eigenvalue weighted by Gasteiger charge is -2.07. The number of hydrogen-bond donors (Lipinski definition) is 2. The quantitative estimate of drug-likeness (QED) is 0.602. The molecule has 5 heteroatoms. The van der Waals surface area contributed by atoms with Crippen LogP contribution in [0, 0.1) is 0 Å². The van der Waals surface area contributed by atoms with Gasteiger partial charge in [-0.3, -0.25) is 4.84 Å². The molecule has 0 bridgehead atoms. The van der Waals surface area contributed by atoms with E-state index in [1.54, 1.807) is 6.26 Å². The maximum absolute atomic E-state index is 11.4. The summed E-state index contributed by atoms with van der Waals surface area (Å²) in [5.74, 6) is 0.919. The lowest BCUT2D eigenvalue weighted by molar-refractivity contribution is 0.0591. The van der Waals surface area contributed by atoms with Crippen LogP contribution in [0.4, 0.5) is 4.79 Å². The SMILES string of the molecule is O=C(NCc1ccccc1)NOCCCc1ccco1. The molecule has 0 saturated carbocycles. The Bertz CT molecular complexity index is 497. The number of hydroxylamine groups is 1. The van der Waals surface area contributed by atoms with Crippen molar-refractivity contribution in [2.45, 2.75) is 19.4 Å². The van der Waals surface area contributed by atoms with Crippen LogP contribution in [0.1, 0.15) is 17.7 Å². The Balaban J connectivity index is 1.52. The Hall–Kier alpha value is -2.27. The van der Waals surface area contributed by atoms with Crippen LogP contribution in [0.2, 0.25) is 0 Å². The van der Waals surface area contributed by atoms with Crippen molar-refractivity contribution in [2.75, 3.05) is 6.61 Å². The highest BCUT2D eigenvalue weighted by Crippen LogP contribution is 2.03. The molecule has 0 fully saturated rings. The molecule has 0 aliphatic carbocycles. The minimum atomic E-state index is -0.341. The Morgan fingerprint density at radius 1 is 1.15 bits per heavy atom. The van der Waals surface area contributed by atoms with Gasteiger partial charge in [-0.05, 0) is 24.1 Å². The van der Waals surface area contributed by atoms with Gasteiger partial charge in [0.25, 0.3) is 0 Å². The third kappa shape index (κ3) is 5.16. The molecular weight excluding hydrogens is 256 g/mol. The Labute approximate surface area is 117 Å². The number of nitrogens with one attached hydrogen (secondary N) is 2. The van der Waals surface area contributed by atoms with Gasteiger partial charge in [-0.15, -0.1) is 0 Å². The minimum Gasteiger partial charge on any atom is -0.469 e. The Morgan fingerprint density at radius 2 is 2.00 bits per heavy atom. The summed E-state index contributed by atoms with van der Waals surface area (Å²) in [6.07, 6.45) is 3.22. The first-order valence-corrected chi connectivity index (χ1v) is 6.56. The molecule has 2 aromatic rings. The van der Waals surface area contributed by atoms with E-state index in [1.165, 1.54) is 0 Å². The Kier molecular flexibility index (Phi) is 5.67. The number of amides is 2. The molecule has 2 rings (SSSR count). The normalized spacial score (nSPS) is 10.2. The topological polar surface area (TPSA) is 63.5 Å².